The summed E-state index contributed by atoms with van der Waals surface area (Å²) in [6, 6.07) is 15.5. The molecule has 0 aliphatic carbocycles. The first-order chi connectivity index (χ1) is 24.2. The number of anilines is 2. The first-order valence-electron chi connectivity index (χ1n) is 16.3. The molecular formula is C36H32N6O8. The number of aryl methyl sites for hydroxylation is 1. The number of nitro benzene ring substituents is 2. The van der Waals surface area contributed by atoms with E-state index in [1.807, 2.05) is 31.1 Å². The number of aliphatic imine (C=N–C) groups is 2. The minimum Gasteiger partial charge on any atom is -0.385 e. The lowest BCUT2D eigenvalue weighted by Crippen LogP contribution is -2.54. The molecule has 0 radical (unpaired) electrons. The van der Waals surface area contributed by atoms with Gasteiger partial charge < -0.3 is 28.7 Å². The molecule has 1 spiro atoms. The Balaban J connectivity index is 1.41. The highest BCUT2D eigenvalue weighted by Crippen LogP contribution is 2.47. The van der Waals surface area contributed by atoms with Gasteiger partial charge in [0.15, 0.2) is 11.5 Å². The van der Waals surface area contributed by atoms with E-state index < -0.39 is 16.0 Å². The molecule has 4 aromatic carbocycles. The average molecular weight is 677 g/mol. The molecule has 1 unspecified atom stereocenters. The first kappa shape index (κ1) is 31.1. The molecule has 0 saturated carbocycles. The van der Waals surface area contributed by atoms with Crippen LogP contribution in [0.1, 0.15) is 41.5 Å². The maximum atomic E-state index is 11.8. The van der Waals surface area contributed by atoms with Gasteiger partial charge in [-0.25, -0.2) is 0 Å². The molecule has 8 rings (SSSR count). The van der Waals surface area contributed by atoms with Gasteiger partial charge in [0.05, 0.1) is 9.85 Å². The van der Waals surface area contributed by atoms with Gasteiger partial charge in [-0.3, -0.25) is 30.2 Å². The third-order valence-corrected chi connectivity index (χ3v) is 9.19. The molecule has 4 aliphatic rings. The average Bonchev–Trinajstić information content (AvgIpc) is 3.23. The summed E-state index contributed by atoms with van der Waals surface area (Å²) in [6.07, 6.45) is 5.29. The molecule has 4 heterocycles. The van der Waals surface area contributed by atoms with Crippen molar-refractivity contribution < 1.29 is 28.8 Å². The van der Waals surface area contributed by atoms with E-state index in [2.05, 4.69) is 9.89 Å². The number of hydrogen-bond donors (Lipinski definition) is 0. The zero-order valence-corrected chi connectivity index (χ0v) is 27.3. The van der Waals surface area contributed by atoms with Crippen LogP contribution < -0.4 is 28.7 Å². The Morgan fingerprint density at radius 2 is 1.36 bits per heavy atom. The molecule has 4 aromatic rings. The Kier molecular flexibility index (Phi) is 7.50. The van der Waals surface area contributed by atoms with E-state index in [0.717, 1.165) is 55.7 Å². The fraction of sp³-hybridized carbons (Fsp3) is 0.278. The normalized spacial score (nSPS) is 18.5. The Bertz CT molecular complexity index is 2130. The highest BCUT2D eigenvalue weighted by Gasteiger charge is 2.48. The van der Waals surface area contributed by atoms with Crippen LogP contribution in [0.25, 0.3) is 0 Å². The van der Waals surface area contributed by atoms with E-state index in [1.54, 1.807) is 18.3 Å². The number of nitro groups is 2. The maximum absolute atomic E-state index is 11.8. The van der Waals surface area contributed by atoms with Crippen LogP contribution in [0.3, 0.4) is 0 Å². The summed E-state index contributed by atoms with van der Waals surface area (Å²) < 4.78 is 26.9. The Labute approximate surface area is 286 Å². The van der Waals surface area contributed by atoms with E-state index in [0.29, 0.717) is 23.3 Å². The summed E-state index contributed by atoms with van der Waals surface area (Å²) in [5.74, 6) is 0.848. The number of non-ortho nitro benzene ring substituents is 2. The monoisotopic (exact) mass is 676 g/mol. The van der Waals surface area contributed by atoms with Crippen molar-refractivity contribution in [1.29, 1.82) is 0 Å². The van der Waals surface area contributed by atoms with Crippen LogP contribution in [0.15, 0.2) is 70.6 Å². The molecule has 0 amide bonds. The fourth-order valence-electron chi connectivity index (χ4n) is 6.77. The lowest BCUT2D eigenvalue weighted by atomic mass is 9.93. The molecule has 14 heteroatoms. The van der Waals surface area contributed by atoms with Gasteiger partial charge in [-0.1, -0.05) is 0 Å². The summed E-state index contributed by atoms with van der Waals surface area (Å²) in [5.41, 5.74) is 5.06. The van der Waals surface area contributed by atoms with Crippen molar-refractivity contribution >= 4 is 46.6 Å². The molecule has 0 N–H and O–H groups in total. The molecule has 0 bridgehead atoms. The van der Waals surface area contributed by atoms with Gasteiger partial charge in [-0.15, -0.1) is 0 Å². The Morgan fingerprint density at radius 3 is 2.02 bits per heavy atom. The summed E-state index contributed by atoms with van der Waals surface area (Å²) >= 11 is 0. The second-order valence-corrected chi connectivity index (χ2v) is 12.7. The summed E-state index contributed by atoms with van der Waals surface area (Å²) in [6.45, 7) is 1.83. The van der Waals surface area contributed by atoms with Gasteiger partial charge in [-0.05, 0) is 68.0 Å². The number of nitrogens with zero attached hydrogens (tertiary/aromatic N) is 6. The number of hydrogen-bond acceptors (Lipinski definition) is 12. The predicted octanol–water partition coefficient (Wildman–Crippen LogP) is 7.01. The molecular weight excluding hydrogens is 644 g/mol. The second-order valence-electron chi connectivity index (χ2n) is 12.7. The van der Waals surface area contributed by atoms with E-state index in [-0.39, 0.29) is 40.0 Å². The predicted molar refractivity (Wildman–Crippen MR) is 187 cm³/mol. The molecule has 254 valence electrons. The van der Waals surface area contributed by atoms with Crippen LogP contribution in [0.2, 0.25) is 0 Å². The SMILES string of the molecule is CN(C)c1ccc2c(c1)OC1(Oc3ccc([N+](=O)[O-])cc3N=C2)Oc2ccc([N+](=O)[O-])cc2N=Cc2cc3c4c(c2O1)CCCN4CCCC3. The molecule has 0 fully saturated rings. The Hall–Kier alpha value is -6.18. The number of benzene rings is 4. The van der Waals surface area contributed by atoms with Crippen LogP contribution >= 0.6 is 0 Å². The van der Waals surface area contributed by atoms with Crippen molar-refractivity contribution in [3.8, 4) is 23.0 Å². The number of ether oxygens (including phenoxy) is 4. The third kappa shape index (κ3) is 5.57. The van der Waals surface area contributed by atoms with Crippen LogP contribution in [-0.2, 0) is 12.8 Å². The smallest absolute Gasteiger partial charge is 0.385 e. The van der Waals surface area contributed by atoms with Crippen LogP contribution in [0, 0.1) is 20.2 Å². The van der Waals surface area contributed by atoms with Gasteiger partial charge in [0.1, 0.15) is 22.9 Å². The zero-order chi connectivity index (χ0) is 34.6. The molecule has 0 aromatic heterocycles. The van der Waals surface area contributed by atoms with E-state index in [9.17, 15) is 20.2 Å². The van der Waals surface area contributed by atoms with Gasteiger partial charge in [0, 0.05) is 98.0 Å². The molecule has 4 aliphatic heterocycles. The molecule has 14 nitrogen and oxygen atoms in total. The molecule has 1 atom stereocenters. The summed E-state index contributed by atoms with van der Waals surface area (Å²) in [7, 11) is 3.77. The van der Waals surface area contributed by atoms with Crippen molar-refractivity contribution in [2.45, 2.75) is 38.3 Å². The summed E-state index contributed by atoms with van der Waals surface area (Å²) in [4.78, 5) is 36.2. The van der Waals surface area contributed by atoms with Gasteiger partial charge >= 0.3 is 6.16 Å². The Morgan fingerprint density at radius 1 is 0.720 bits per heavy atom. The minimum absolute atomic E-state index is 0.0719. The van der Waals surface area contributed by atoms with E-state index >= 15 is 0 Å². The van der Waals surface area contributed by atoms with Crippen molar-refractivity contribution in [3.05, 3.63) is 103 Å². The topological polar surface area (TPSA) is 154 Å². The van der Waals surface area contributed by atoms with Gasteiger partial charge in [-0.2, -0.15) is 0 Å². The fourth-order valence-corrected chi connectivity index (χ4v) is 6.77. The van der Waals surface area contributed by atoms with Gasteiger partial charge in [0.25, 0.3) is 11.4 Å². The molecule has 50 heavy (non-hydrogen) atoms. The lowest BCUT2D eigenvalue weighted by molar-refractivity contribution is -0.385. The van der Waals surface area contributed by atoms with E-state index in [4.69, 9.17) is 23.9 Å². The first-order valence-corrected chi connectivity index (χ1v) is 16.3. The number of rotatable bonds is 3. The molecule has 0 saturated heterocycles. The standard InChI is InChI=1S/C36H32N6O8/c1-39(2)25-9-8-23-20-37-29-17-26(41(43)44)10-12-31(29)47-36(49-33(23)19-25)48-32-13-11-27(42(45)46)18-30(32)38-21-24-16-22-6-3-4-14-40-15-5-7-28(34(22)40)35(24)50-36/h8-13,16-21H,3-7,14-15H2,1-2H3. The number of fused-ring (bicyclic) bond motifs is 5. The van der Waals surface area contributed by atoms with E-state index in [1.165, 1.54) is 48.2 Å². The van der Waals surface area contributed by atoms with Crippen molar-refractivity contribution in [2.75, 3.05) is 37.0 Å². The van der Waals surface area contributed by atoms with Crippen LogP contribution in [0.4, 0.5) is 34.1 Å². The van der Waals surface area contributed by atoms with Crippen LogP contribution in [0.5, 0.6) is 23.0 Å². The van der Waals surface area contributed by atoms with Crippen LogP contribution in [-0.4, -0.2) is 55.6 Å². The van der Waals surface area contributed by atoms with Crippen molar-refractivity contribution in [1.82, 2.24) is 0 Å². The highest BCUT2D eigenvalue weighted by molar-refractivity contribution is 5.90. The third-order valence-electron chi connectivity index (χ3n) is 9.19. The lowest BCUT2D eigenvalue weighted by Gasteiger charge is -2.36. The van der Waals surface area contributed by atoms with Crippen molar-refractivity contribution in [3.63, 3.8) is 0 Å². The maximum Gasteiger partial charge on any atom is 0.611 e. The van der Waals surface area contributed by atoms with Gasteiger partial charge in [0.2, 0.25) is 0 Å². The quantitative estimate of drug-likeness (QED) is 0.163. The summed E-state index contributed by atoms with van der Waals surface area (Å²) in [5, 5.41) is 23.6. The van der Waals surface area contributed by atoms with Crippen molar-refractivity contribution in [2.24, 2.45) is 9.98 Å². The highest BCUT2D eigenvalue weighted by atomic mass is 17.0. The second kappa shape index (κ2) is 12.1. The largest absolute Gasteiger partial charge is 0.611 e. The minimum atomic E-state index is -2.43. The zero-order valence-electron chi connectivity index (χ0n) is 27.3.